The first-order valence-corrected chi connectivity index (χ1v) is 8.36. The van der Waals surface area contributed by atoms with Gasteiger partial charge in [-0.25, -0.2) is 0 Å². The van der Waals surface area contributed by atoms with Crippen molar-refractivity contribution in [1.82, 2.24) is 40.2 Å². The molecule has 2 unspecified atom stereocenters. The van der Waals surface area contributed by atoms with Crippen LogP contribution >= 0.6 is 0 Å². The van der Waals surface area contributed by atoms with Crippen molar-refractivity contribution in [2.75, 3.05) is 13.1 Å². The van der Waals surface area contributed by atoms with Gasteiger partial charge in [0, 0.05) is 38.3 Å². The van der Waals surface area contributed by atoms with Crippen LogP contribution < -0.4 is 5.32 Å². The number of rotatable bonds is 6. The number of carbonyl (C=O) groups excluding carboxylic acids is 2. The summed E-state index contributed by atoms with van der Waals surface area (Å²) in [6.07, 6.45) is 5.86. The molecule has 1 aliphatic heterocycles. The SMILES string of the molecule is CCN1C(=O)CCC(C(=O)NCCn2ncnn2)C1c1cnn(C)c1. The number of aromatic nitrogens is 6. The second-order valence-electron chi connectivity index (χ2n) is 6.04. The van der Waals surface area contributed by atoms with Crippen LogP contribution in [0.1, 0.15) is 31.4 Å². The van der Waals surface area contributed by atoms with E-state index in [1.807, 2.05) is 20.2 Å². The zero-order valence-corrected chi connectivity index (χ0v) is 14.4. The van der Waals surface area contributed by atoms with Gasteiger partial charge in [0.05, 0.1) is 24.7 Å². The molecule has 0 bridgehead atoms. The summed E-state index contributed by atoms with van der Waals surface area (Å²) < 4.78 is 1.69. The van der Waals surface area contributed by atoms with Gasteiger partial charge >= 0.3 is 0 Å². The quantitative estimate of drug-likeness (QED) is 0.756. The number of likely N-dealkylation sites (tertiary alicyclic amines) is 1. The molecule has 3 rings (SSSR count). The van der Waals surface area contributed by atoms with E-state index < -0.39 is 0 Å². The Hall–Kier alpha value is -2.78. The molecule has 0 spiro atoms. The minimum Gasteiger partial charge on any atom is -0.354 e. The summed E-state index contributed by atoms with van der Waals surface area (Å²) in [7, 11) is 1.82. The molecule has 2 aromatic heterocycles. The van der Waals surface area contributed by atoms with Crippen molar-refractivity contribution in [3.05, 3.63) is 24.3 Å². The topological polar surface area (TPSA) is 111 Å². The minimum absolute atomic E-state index is 0.0695. The van der Waals surface area contributed by atoms with Gasteiger partial charge in [-0.15, -0.1) is 10.2 Å². The average Bonchev–Trinajstić information content (AvgIpc) is 3.26. The van der Waals surface area contributed by atoms with Gasteiger partial charge in [-0.1, -0.05) is 0 Å². The Bertz CT molecular complexity index is 726. The maximum Gasteiger partial charge on any atom is 0.225 e. The molecule has 0 aliphatic carbocycles. The highest BCUT2D eigenvalue weighted by Crippen LogP contribution is 2.36. The fourth-order valence-corrected chi connectivity index (χ4v) is 3.31. The molecule has 25 heavy (non-hydrogen) atoms. The van der Waals surface area contributed by atoms with E-state index in [4.69, 9.17) is 0 Å². The number of aryl methyl sites for hydroxylation is 1. The van der Waals surface area contributed by atoms with Gasteiger partial charge < -0.3 is 10.2 Å². The van der Waals surface area contributed by atoms with E-state index in [1.165, 1.54) is 11.1 Å². The number of hydrogen-bond acceptors (Lipinski definition) is 6. The maximum atomic E-state index is 12.7. The van der Waals surface area contributed by atoms with Crippen molar-refractivity contribution in [2.24, 2.45) is 13.0 Å². The Kier molecular flexibility index (Phi) is 5.05. The van der Waals surface area contributed by atoms with Crippen LogP contribution in [0.5, 0.6) is 0 Å². The Morgan fingerprint density at radius 1 is 1.40 bits per heavy atom. The van der Waals surface area contributed by atoms with Crippen molar-refractivity contribution < 1.29 is 9.59 Å². The first-order chi connectivity index (χ1) is 12.1. The third-order valence-electron chi connectivity index (χ3n) is 4.45. The normalized spacial score (nSPS) is 20.7. The van der Waals surface area contributed by atoms with E-state index >= 15 is 0 Å². The molecule has 1 aliphatic rings. The molecule has 2 amide bonds. The fraction of sp³-hybridized carbons (Fsp3) is 0.600. The van der Waals surface area contributed by atoms with Crippen LogP contribution in [0.3, 0.4) is 0 Å². The number of amides is 2. The predicted molar refractivity (Wildman–Crippen MR) is 86.9 cm³/mol. The zero-order valence-electron chi connectivity index (χ0n) is 14.4. The highest BCUT2D eigenvalue weighted by atomic mass is 16.2. The van der Waals surface area contributed by atoms with Crippen LogP contribution in [-0.4, -0.2) is 59.8 Å². The monoisotopic (exact) mass is 346 g/mol. The summed E-state index contributed by atoms with van der Waals surface area (Å²) >= 11 is 0. The van der Waals surface area contributed by atoms with Crippen LogP contribution in [-0.2, 0) is 23.2 Å². The number of tetrazole rings is 1. The van der Waals surface area contributed by atoms with Crippen LogP contribution in [0.4, 0.5) is 0 Å². The highest BCUT2D eigenvalue weighted by Gasteiger charge is 2.40. The molecular formula is C15H22N8O2. The molecule has 0 saturated carbocycles. The minimum atomic E-state index is -0.300. The largest absolute Gasteiger partial charge is 0.354 e. The highest BCUT2D eigenvalue weighted by molar-refractivity contribution is 5.85. The van der Waals surface area contributed by atoms with Crippen LogP contribution in [0.2, 0.25) is 0 Å². The molecule has 1 saturated heterocycles. The number of hydrogen-bond donors (Lipinski definition) is 1. The predicted octanol–water partition coefficient (Wildman–Crippen LogP) is -0.477. The molecule has 2 aromatic rings. The standard InChI is InChI=1S/C15H22N8O2/c1-3-22-13(24)5-4-12(14(22)11-8-18-21(2)9-11)15(25)16-6-7-23-19-10-17-20-23/h8-10,12,14H,3-7H2,1-2H3,(H,16,25). The third kappa shape index (κ3) is 3.67. The lowest BCUT2D eigenvalue weighted by molar-refractivity contribution is -0.143. The smallest absolute Gasteiger partial charge is 0.225 e. The maximum absolute atomic E-state index is 12.7. The first kappa shape index (κ1) is 17.1. The second-order valence-corrected chi connectivity index (χ2v) is 6.04. The lowest BCUT2D eigenvalue weighted by Gasteiger charge is -2.39. The molecule has 2 atom stereocenters. The molecule has 10 nitrogen and oxygen atoms in total. The van der Waals surface area contributed by atoms with Gasteiger partial charge in [0.25, 0.3) is 0 Å². The number of piperidine rings is 1. The van der Waals surface area contributed by atoms with Gasteiger partial charge in [0.1, 0.15) is 0 Å². The van der Waals surface area contributed by atoms with Crippen molar-refractivity contribution in [3.63, 3.8) is 0 Å². The summed E-state index contributed by atoms with van der Waals surface area (Å²) in [5.41, 5.74) is 0.885. The lowest BCUT2D eigenvalue weighted by Crippen LogP contribution is -2.48. The molecule has 134 valence electrons. The van der Waals surface area contributed by atoms with E-state index in [0.717, 1.165) is 5.56 Å². The van der Waals surface area contributed by atoms with Gasteiger partial charge in [0.2, 0.25) is 11.8 Å². The average molecular weight is 346 g/mol. The van der Waals surface area contributed by atoms with E-state index in [-0.39, 0.29) is 23.8 Å². The Morgan fingerprint density at radius 3 is 2.88 bits per heavy atom. The lowest BCUT2D eigenvalue weighted by atomic mass is 9.84. The van der Waals surface area contributed by atoms with Crippen LogP contribution in [0.25, 0.3) is 0 Å². The number of nitrogens with one attached hydrogen (secondary N) is 1. The Balaban J connectivity index is 1.72. The van der Waals surface area contributed by atoms with Gasteiger partial charge in [-0.3, -0.25) is 14.3 Å². The number of carbonyl (C=O) groups is 2. The molecular weight excluding hydrogens is 324 g/mol. The van der Waals surface area contributed by atoms with E-state index in [1.54, 1.807) is 15.8 Å². The van der Waals surface area contributed by atoms with E-state index in [0.29, 0.717) is 32.5 Å². The van der Waals surface area contributed by atoms with Gasteiger partial charge in [-0.2, -0.15) is 9.90 Å². The van der Waals surface area contributed by atoms with Crippen molar-refractivity contribution in [2.45, 2.75) is 32.4 Å². The number of nitrogens with zero attached hydrogens (tertiary/aromatic N) is 7. The molecule has 0 radical (unpaired) electrons. The van der Waals surface area contributed by atoms with Crippen molar-refractivity contribution in [3.8, 4) is 0 Å². The fourth-order valence-electron chi connectivity index (χ4n) is 3.31. The summed E-state index contributed by atoms with van der Waals surface area (Å²) in [5, 5.41) is 18.4. The van der Waals surface area contributed by atoms with E-state index in [9.17, 15) is 9.59 Å². The Morgan fingerprint density at radius 2 is 2.24 bits per heavy atom. The van der Waals surface area contributed by atoms with Gasteiger partial charge in [-0.05, 0) is 18.6 Å². The van der Waals surface area contributed by atoms with E-state index in [2.05, 4.69) is 25.8 Å². The van der Waals surface area contributed by atoms with Gasteiger partial charge in [0.15, 0.2) is 6.33 Å². The van der Waals surface area contributed by atoms with Crippen molar-refractivity contribution >= 4 is 11.8 Å². The summed E-state index contributed by atoms with van der Waals surface area (Å²) in [4.78, 5) is 28.2. The molecule has 1 fully saturated rings. The summed E-state index contributed by atoms with van der Waals surface area (Å²) in [5.74, 6) is -0.294. The molecule has 1 N–H and O–H groups in total. The second kappa shape index (κ2) is 7.41. The summed E-state index contributed by atoms with van der Waals surface area (Å²) in [6.45, 7) is 3.35. The molecule has 10 heteroatoms. The molecule has 3 heterocycles. The van der Waals surface area contributed by atoms with Crippen LogP contribution in [0, 0.1) is 5.92 Å². The van der Waals surface area contributed by atoms with Crippen molar-refractivity contribution in [1.29, 1.82) is 0 Å². The zero-order chi connectivity index (χ0) is 17.8. The Labute approximate surface area is 145 Å². The summed E-state index contributed by atoms with van der Waals surface area (Å²) in [6, 6.07) is -0.288. The first-order valence-electron chi connectivity index (χ1n) is 8.36. The van der Waals surface area contributed by atoms with Crippen LogP contribution in [0.15, 0.2) is 18.7 Å². The third-order valence-corrected chi connectivity index (χ3v) is 4.45. The molecule has 0 aromatic carbocycles.